The maximum atomic E-state index is 10.9. The van der Waals surface area contributed by atoms with Gasteiger partial charge in [-0.1, -0.05) is 66.3 Å². The predicted octanol–water partition coefficient (Wildman–Crippen LogP) is 8.17. The van der Waals surface area contributed by atoms with Gasteiger partial charge in [0.25, 0.3) is 6.47 Å². The van der Waals surface area contributed by atoms with Gasteiger partial charge in [-0.2, -0.15) is 13.2 Å². The van der Waals surface area contributed by atoms with E-state index in [0.29, 0.717) is 43.4 Å². The van der Waals surface area contributed by atoms with E-state index in [0.717, 1.165) is 0 Å². The Morgan fingerprint density at radius 3 is 1.83 bits per heavy atom. The van der Waals surface area contributed by atoms with Gasteiger partial charge in [-0.25, -0.2) is 0 Å². The standard InChI is InChI=1S/C15H10Cl4O3.C2H3F3.C2H6/c1-21-9-5-12(18)14(13(19)6-9)15(22-7-20)10-3-2-8(16)4-11(10)17;1-2(3,4)5;1-2/h2-7,15H,1H3;1H3;1-2H3. The molecule has 0 saturated carbocycles. The fraction of sp³-hybridized carbons (Fsp3) is 0.316. The molecule has 0 heterocycles. The molecule has 2 aromatic carbocycles. The SMILES string of the molecule is CC.CC(F)(F)F.COc1cc(Cl)c(C(OC=O)c2ccc(Cl)cc2Cl)c(Cl)c1. The van der Waals surface area contributed by atoms with Crippen molar-refractivity contribution < 1.29 is 27.4 Å². The summed E-state index contributed by atoms with van der Waals surface area (Å²) in [5.41, 5.74) is 0.938. The number of rotatable bonds is 5. The number of alkyl halides is 3. The molecular weight excluding hydrogens is 475 g/mol. The highest BCUT2D eigenvalue weighted by atomic mass is 35.5. The van der Waals surface area contributed by atoms with Crippen molar-refractivity contribution in [1.29, 1.82) is 0 Å². The average Bonchev–Trinajstić information content (AvgIpc) is 2.61. The van der Waals surface area contributed by atoms with Gasteiger partial charge in [0.2, 0.25) is 0 Å². The van der Waals surface area contributed by atoms with Crippen LogP contribution in [0.5, 0.6) is 5.75 Å². The van der Waals surface area contributed by atoms with Gasteiger partial charge in [0.1, 0.15) is 5.75 Å². The molecule has 1 unspecified atom stereocenters. The van der Waals surface area contributed by atoms with Crippen molar-refractivity contribution in [3.05, 3.63) is 61.5 Å². The van der Waals surface area contributed by atoms with Crippen molar-refractivity contribution >= 4 is 52.9 Å². The first-order chi connectivity index (χ1) is 13.5. The number of ether oxygens (including phenoxy) is 2. The average molecular weight is 494 g/mol. The van der Waals surface area contributed by atoms with Crippen LogP contribution < -0.4 is 4.74 Å². The van der Waals surface area contributed by atoms with Gasteiger partial charge in [-0.3, -0.25) is 4.79 Å². The Balaban J connectivity index is 0.000000977. The minimum Gasteiger partial charge on any atom is -0.497 e. The molecule has 2 aromatic rings. The maximum Gasteiger partial charge on any atom is 0.386 e. The number of methoxy groups -OCH3 is 1. The van der Waals surface area contributed by atoms with E-state index < -0.39 is 12.3 Å². The van der Waals surface area contributed by atoms with Crippen molar-refractivity contribution in [2.75, 3.05) is 7.11 Å². The highest BCUT2D eigenvalue weighted by molar-refractivity contribution is 6.37. The largest absolute Gasteiger partial charge is 0.497 e. The Morgan fingerprint density at radius 1 is 0.966 bits per heavy atom. The number of benzene rings is 2. The fourth-order valence-electron chi connectivity index (χ4n) is 2.00. The van der Waals surface area contributed by atoms with Crippen LogP contribution in [0.25, 0.3) is 0 Å². The Labute approximate surface area is 187 Å². The maximum absolute atomic E-state index is 10.9. The molecule has 162 valence electrons. The van der Waals surface area contributed by atoms with Crippen molar-refractivity contribution in [3.63, 3.8) is 0 Å². The Hall–Kier alpha value is -1.34. The monoisotopic (exact) mass is 492 g/mol. The van der Waals surface area contributed by atoms with E-state index in [1.165, 1.54) is 7.11 Å². The number of carbonyl (C=O) groups is 1. The van der Waals surface area contributed by atoms with E-state index in [1.54, 1.807) is 30.3 Å². The van der Waals surface area contributed by atoms with Crippen molar-refractivity contribution in [2.24, 2.45) is 0 Å². The first-order valence-electron chi connectivity index (χ1n) is 8.11. The molecule has 0 bridgehead atoms. The summed E-state index contributed by atoms with van der Waals surface area (Å²) in [5, 5.41) is 1.39. The molecular formula is C19H19Cl4F3O3. The molecule has 10 heteroatoms. The first kappa shape index (κ1) is 27.7. The molecule has 0 aromatic heterocycles. The molecule has 0 aliphatic carbocycles. The summed E-state index contributed by atoms with van der Waals surface area (Å²) in [6, 6.07) is 7.98. The molecule has 2 rings (SSSR count). The lowest BCUT2D eigenvalue weighted by atomic mass is 10.0. The Kier molecular flexibility index (Phi) is 12.5. The third-order valence-electron chi connectivity index (χ3n) is 2.99. The van der Waals surface area contributed by atoms with E-state index in [-0.39, 0.29) is 6.92 Å². The summed E-state index contributed by atoms with van der Waals surface area (Å²) in [4.78, 5) is 10.9. The van der Waals surface area contributed by atoms with Crippen LogP contribution in [0, 0.1) is 0 Å². The quantitative estimate of drug-likeness (QED) is 0.394. The second-order valence-electron chi connectivity index (χ2n) is 5.06. The van der Waals surface area contributed by atoms with Crippen LogP contribution in [0.4, 0.5) is 13.2 Å². The van der Waals surface area contributed by atoms with Crippen LogP contribution in [0.2, 0.25) is 20.1 Å². The van der Waals surface area contributed by atoms with Crippen molar-refractivity contribution in [1.82, 2.24) is 0 Å². The van der Waals surface area contributed by atoms with E-state index >= 15 is 0 Å². The minimum atomic E-state index is -4.00. The van der Waals surface area contributed by atoms with E-state index in [2.05, 4.69) is 0 Å². The van der Waals surface area contributed by atoms with Crippen LogP contribution in [-0.4, -0.2) is 19.8 Å². The lowest BCUT2D eigenvalue weighted by Crippen LogP contribution is -2.08. The second kappa shape index (κ2) is 13.1. The van der Waals surface area contributed by atoms with Gasteiger partial charge in [-0.15, -0.1) is 0 Å². The smallest absolute Gasteiger partial charge is 0.386 e. The molecule has 29 heavy (non-hydrogen) atoms. The van der Waals surface area contributed by atoms with Crippen LogP contribution in [0.3, 0.4) is 0 Å². The molecule has 3 nitrogen and oxygen atoms in total. The zero-order valence-electron chi connectivity index (χ0n) is 15.9. The molecule has 0 aliphatic rings. The molecule has 0 radical (unpaired) electrons. The summed E-state index contributed by atoms with van der Waals surface area (Å²) in [5.74, 6) is 0.491. The van der Waals surface area contributed by atoms with Gasteiger partial charge in [0, 0.05) is 28.1 Å². The predicted molar refractivity (Wildman–Crippen MR) is 112 cm³/mol. The van der Waals surface area contributed by atoms with Crippen molar-refractivity contribution in [3.8, 4) is 5.75 Å². The molecule has 0 N–H and O–H groups in total. The normalized spacial score (nSPS) is 11.3. The third-order valence-corrected chi connectivity index (χ3v) is 4.17. The molecule has 1 atom stereocenters. The highest BCUT2D eigenvalue weighted by Crippen LogP contribution is 2.41. The van der Waals surface area contributed by atoms with Gasteiger partial charge in [0.15, 0.2) is 6.10 Å². The van der Waals surface area contributed by atoms with Crippen molar-refractivity contribution in [2.45, 2.75) is 33.1 Å². The Bertz CT molecular complexity index is 770. The zero-order chi connectivity index (χ0) is 22.8. The van der Waals surface area contributed by atoms with Crippen LogP contribution in [0.1, 0.15) is 38.0 Å². The lowest BCUT2D eigenvalue weighted by Gasteiger charge is -2.20. The Morgan fingerprint density at radius 2 is 1.45 bits per heavy atom. The molecule has 0 fully saturated rings. The van der Waals surface area contributed by atoms with Crippen LogP contribution in [-0.2, 0) is 9.53 Å². The summed E-state index contributed by atoms with van der Waals surface area (Å²) in [6.07, 6.45) is -4.85. The van der Waals surface area contributed by atoms with Gasteiger partial charge >= 0.3 is 6.18 Å². The molecule has 0 saturated heterocycles. The first-order valence-corrected chi connectivity index (χ1v) is 9.62. The number of hydrogen-bond donors (Lipinski definition) is 0. The fourth-order valence-corrected chi connectivity index (χ4v) is 3.17. The van der Waals surface area contributed by atoms with Gasteiger partial charge in [0.05, 0.1) is 17.2 Å². The van der Waals surface area contributed by atoms with Crippen LogP contribution >= 0.6 is 46.4 Å². The van der Waals surface area contributed by atoms with Gasteiger partial charge in [-0.05, 0) is 24.3 Å². The van der Waals surface area contributed by atoms with E-state index in [9.17, 15) is 18.0 Å². The number of carbonyl (C=O) groups excluding carboxylic acids is 1. The minimum absolute atomic E-state index is 0.188. The lowest BCUT2D eigenvalue weighted by molar-refractivity contribution is -0.132. The van der Waals surface area contributed by atoms with E-state index in [4.69, 9.17) is 55.9 Å². The summed E-state index contributed by atoms with van der Waals surface area (Å²) < 4.78 is 41.3. The second-order valence-corrected chi connectivity index (χ2v) is 6.72. The number of hydrogen-bond acceptors (Lipinski definition) is 3. The number of halogens is 7. The summed E-state index contributed by atoms with van der Waals surface area (Å²) in [6.45, 7) is 4.50. The molecule has 0 spiro atoms. The topological polar surface area (TPSA) is 35.5 Å². The third kappa shape index (κ3) is 9.81. The van der Waals surface area contributed by atoms with Gasteiger partial charge < -0.3 is 9.47 Å². The highest BCUT2D eigenvalue weighted by Gasteiger charge is 2.25. The van der Waals surface area contributed by atoms with E-state index in [1.807, 2.05) is 13.8 Å². The molecule has 0 aliphatic heterocycles. The molecule has 0 amide bonds. The summed E-state index contributed by atoms with van der Waals surface area (Å²) in [7, 11) is 1.50. The summed E-state index contributed by atoms with van der Waals surface area (Å²) >= 11 is 24.6. The van der Waals surface area contributed by atoms with Crippen LogP contribution in [0.15, 0.2) is 30.3 Å². The zero-order valence-corrected chi connectivity index (χ0v) is 18.9.